The van der Waals surface area contributed by atoms with E-state index in [0.29, 0.717) is 5.56 Å². The Bertz CT molecular complexity index is 1470. The quantitative estimate of drug-likeness (QED) is 0.486. The highest BCUT2D eigenvalue weighted by molar-refractivity contribution is 6.03. The summed E-state index contributed by atoms with van der Waals surface area (Å²) in [5.41, 5.74) is 6.83. The molecule has 0 atom stereocenters. The molecule has 0 aliphatic heterocycles. The Labute approximate surface area is 182 Å². The highest BCUT2D eigenvalue weighted by Gasteiger charge is 2.25. The average molecular weight is 433 g/mol. The van der Waals surface area contributed by atoms with Crippen LogP contribution in [0.15, 0.2) is 47.3 Å². The Morgan fingerprint density at radius 3 is 2.41 bits per heavy atom. The molecule has 4 rings (SSSR count). The highest BCUT2D eigenvalue weighted by Crippen LogP contribution is 2.21. The lowest BCUT2D eigenvalue weighted by atomic mass is 10.0. The van der Waals surface area contributed by atoms with E-state index in [0.717, 1.165) is 20.3 Å². The van der Waals surface area contributed by atoms with Crippen molar-refractivity contribution in [1.29, 1.82) is 0 Å². The van der Waals surface area contributed by atoms with Crippen LogP contribution in [0, 0.1) is 26.6 Å². The van der Waals surface area contributed by atoms with Crippen molar-refractivity contribution in [3.05, 3.63) is 87.0 Å². The van der Waals surface area contributed by atoms with Crippen molar-refractivity contribution in [2.24, 2.45) is 5.73 Å². The summed E-state index contributed by atoms with van der Waals surface area (Å²) in [4.78, 5) is 46.9. The van der Waals surface area contributed by atoms with Gasteiger partial charge in [-0.1, -0.05) is 24.3 Å². The molecule has 9 heteroatoms. The van der Waals surface area contributed by atoms with Gasteiger partial charge in [-0.2, -0.15) is 0 Å². The maximum Gasteiger partial charge on any atom is 0.335 e. The monoisotopic (exact) mass is 433 g/mol. The zero-order chi connectivity index (χ0) is 23.2. The lowest BCUT2D eigenvalue weighted by Crippen LogP contribution is -2.27. The number of hydrogen-bond donors (Lipinski definition) is 1. The molecule has 2 heterocycles. The Morgan fingerprint density at radius 2 is 1.75 bits per heavy atom. The molecule has 2 aromatic carbocycles. The van der Waals surface area contributed by atoms with Gasteiger partial charge < -0.3 is 5.73 Å². The number of imidazole rings is 1. The summed E-state index contributed by atoms with van der Waals surface area (Å²) in [6.45, 7) is 4.94. The first kappa shape index (κ1) is 21.1. The zero-order valence-electron chi connectivity index (χ0n) is 17.7. The molecule has 32 heavy (non-hydrogen) atoms. The minimum atomic E-state index is -0.890. The van der Waals surface area contributed by atoms with Crippen LogP contribution in [0.2, 0.25) is 0 Å². The molecule has 1 amide bonds. The number of para-hydroxylation sites is 1. The van der Waals surface area contributed by atoms with Gasteiger partial charge in [0.1, 0.15) is 17.2 Å². The third kappa shape index (κ3) is 3.47. The average Bonchev–Trinajstić information content (AvgIpc) is 3.00. The maximum atomic E-state index is 14.6. The van der Waals surface area contributed by atoms with E-state index >= 15 is 0 Å². The van der Waals surface area contributed by atoms with E-state index in [2.05, 4.69) is 9.97 Å². The number of nitrogens with zero attached hydrogens (tertiary/aromatic N) is 4. The second-order valence-corrected chi connectivity index (χ2v) is 7.53. The molecule has 0 aliphatic carbocycles. The van der Waals surface area contributed by atoms with Crippen LogP contribution in [0.3, 0.4) is 0 Å². The Morgan fingerprint density at radius 1 is 1.03 bits per heavy atom. The molecule has 2 aromatic heterocycles. The molecule has 4 aromatic rings. The van der Waals surface area contributed by atoms with Gasteiger partial charge in [0, 0.05) is 5.56 Å². The van der Waals surface area contributed by atoms with Gasteiger partial charge in [-0.25, -0.2) is 23.7 Å². The number of primary amides is 1. The second kappa shape index (κ2) is 7.84. The fourth-order valence-electron chi connectivity index (χ4n) is 3.58. The van der Waals surface area contributed by atoms with Crippen molar-refractivity contribution in [3.8, 4) is 5.69 Å². The van der Waals surface area contributed by atoms with Gasteiger partial charge >= 0.3 is 5.69 Å². The first-order valence-corrected chi connectivity index (χ1v) is 9.84. The third-order valence-electron chi connectivity index (χ3n) is 5.34. The van der Waals surface area contributed by atoms with Crippen molar-refractivity contribution >= 4 is 22.9 Å². The number of nitrogens with two attached hydrogens (primary N) is 1. The van der Waals surface area contributed by atoms with Crippen LogP contribution in [-0.2, 0) is 6.54 Å². The van der Waals surface area contributed by atoms with Crippen LogP contribution in [0.25, 0.3) is 16.9 Å². The van der Waals surface area contributed by atoms with Gasteiger partial charge in [0.25, 0.3) is 5.91 Å². The van der Waals surface area contributed by atoms with Crippen molar-refractivity contribution in [2.45, 2.75) is 27.3 Å². The lowest BCUT2D eigenvalue weighted by molar-refractivity contribution is 0.0966. The number of aryl methyl sites for hydroxylation is 3. The molecule has 0 spiro atoms. The number of ketones is 1. The van der Waals surface area contributed by atoms with E-state index < -0.39 is 24.0 Å². The molecule has 0 saturated heterocycles. The minimum absolute atomic E-state index is 0.00529. The van der Waals surface area contributed by atoms with E-state index in [1.165, 1.54) is 25.1 Å². The van der Waals surface area contributed by atoms with Crippen molar-refractivity contribution in [1.82, 2.24) is 19.1 Å². The SMILES string of the molecule is Cc1nc(C(N)=O)c2c(n1)n(-c1ccccc1F)c(=O)n2CC(=O)c1ccc(C)c(C)c1. The number of benzene rings is 2. The summed E-state index contributed by atoms with van der Waals surface area (Å²) in [5, 5.41) is 0. The number of amides is 1. The normalized spacial score (nSPS) is 11.1. The van der Waals surface area contributed by atoms with Crippen LogP contribution >= 0.6 is 0 Å². The molecule has 8 nitrogen and oxygen atoms in total. The number of fused-ring (bicyclic) bond motifs is 1. The molecule has 0 fully saturated rings. The summed E-state index contributed by atoms with van der Waals surface area (Å²) in [6, 6.07) is 10.9. The van der Waals surface area contributed by atoms with Crippen LogP contribution < -0.4 is 11.4 Å². The number of carbonyl (C=O) groups excluding carboxylic acids is 2. The van der Waals surface area contributed by atoms with E-state index in [9.17, 15) is 18.8 Å². The van der Waals surface area contributed by atoms with Crippen LogP contribution in [-0.4, -0.2) is 30.8 Å². The molecule has 0 radical (unpaired) electrons. The van der Waals surface area contributed by atoms with Gasteiger partial charge in [-0.15, -0.1) is 0 Å². The number of aromatic nitrogens is 4. The molecule has 2 N–H and O–H groups in total. The maximum absolute atomic E-state index is 14.6. The van der Waals surface area contributed by atoms with Gasteiger partial charge in [0.15, 0.2) is 17.1 Å². The molecule has 0 bridgehead atoms. The van der Waals surface area contributed by atoms with Crippen molar-refractivity contribution < 1.29 is 14.0 Å². The van der Waals surface area contributed by atoms with Crippen molar-refractivity contribution in [3.63, 3.8) is 0 Å². The summed E-state index contributed by atoms with van der Waals surface area (Å²) >= 11 is 0. The number of rotatable bonds is 5. The molecule has 0 saturated carbocycles. The van der Waals surface area contributed by atoms with E-state index in [1.54, 1.807) is 18.2 Å². The molecule has 0 aliphatic rings. The fraction of sp³-hybridized carbons (Fsp3) is 0.174. The first-order chi connectivity index (χ1) is 15.2. The predicted octanol–water partition coefficient (Wildman–Crippen LogP) is 2.63. The van der Waals surface area contributed by atoms with Gasteiger partial charge in [-0.3, -0.25) is 14.2 Å². The Balaban J connectivity index is 2.00. The van der Waals surface area contributed by atoms with E-state index in [4.69, 9.17) is 5.73 Å². The summed E-state index contributed by atoms with van der Waals surface area (Å²) in [6.07, 6.45) is 0. The fourth-order valence-corrected chi connectivity index (χ4v) is 3.58. The highest BCUT2D eigenvalue weighted by atomic mass is 19.1. The van der Waals surface area contributed by atoms with Crippen LogP contribution in [0.5, 0.6) is 0 Å². The van der Waals surface area contributed by atoms with E-state index in [1.807, 2.05) is 19.9 Å². The van der Waals surface area contributed by atoms with Crippen LogP contribution in [0.4, 0.5) is 4.39 Å². The number of Topliss-reactive ketones (excluding diaryl/α,β-unsaturated/α-hetero) is 1. The summed E-state index contributed by atoms with van der Waals surface area (Å²) < 4.78 is 16.7. The van der Waals surface area contributed by atoms with Crippen molar-refractivity contribution in [2.75, 3.05) is 0 Å². The summed E-state index contributed by atoms with van der Waals surface area (Å²) in [5.74, 6) is -1.74. The van der Waals surface area contributed by atoms with Gasteiger partial charge in [0.05, 0.1) is 12.2 Å². The van der Waals surface area contributed by atoms with Crippen LogP contribution in [0.1, 0.15) is 37.8 Å². The summed E-state index contributed by atoms with van der Waals surface area (Å²) in [7, 11) is 0. The lowest BCUT2D eigenvalue weighted by Gasteiger charge is -2.07. The van der Waals surface area contributed by atoms with Gasteiger partial charge in [0.2, 0.25) is 0 Å². The zero-order valence-corrected chi connectivity index (χ0v) is 17.7. The third-order valence-corrected chi connectivity index (χ3v) is 5.34. The van der Waals surface area contributed by atoms with Gasteiger partial charge in [-0.05, 0) is 50.1 Å². The number of hydrogen-bond acceptors (Lipinski definition) is 5. The Hall–Kier alpha value is -4.14. The number of halogens is 1. The minimum Gasteiger partial charge on any atom is -0.364 e. The predicted molar refractivity (Wildman–Crippen MR) is 117 cm³/mol. The molecule has 162 valence electrons. The second-order valence-electron chi connectivity index (χ2n) is 7.53. The topological polar surface area (TPSA) is 113 Å². The standard InChI is InChI=1S/C23H20FN5O3/c1-12-8-9-15(10-13(12)2)18(30)11-28-20-19(21(25)31)26-14(3)27-22(20)29(23(28)32)17-7-5-4-6-16(17)24/h4-10H,11H2,1-3H3,(H2,25,31). The first-order valence-electron chi connectivity index (χ1n) is 9.84. The number of carbonyl (C=O) groups is 2. The molecular formula is C23H20FN5O3. The largest absolute Gasteiger partial charge is 0.364 e. The molecular weight excluding hydrogens is 413 g/mol. The molecule has 0 unspecified atom stereocenters. The smallest absolute Gasteiger partial charge is 0.335 e. The Kier molecular flexibility index (Phi) is 5.17. The van der Waals surface area contributed by atoms with E-state index in [-0.39, 0.29) is 34.2 Å².